The summed E-state index contributed by atoms with van der Waals surface area (Å²) in [7, 11) is 1.45. The van der Waals surface area contributed by atoms with E-state index in [0.29, 0.717) is 6.61 Å². The zero-order chi connectivity index (χ0) is 18.4. The Hall–Kier alpha value is -1.92. The fourth-order valence-corrected chi connectivity index (χ4v) is 2.52. The van der Waals surface area contributed by atoms with Crippen molar-refractivity contribution in [1.82, 2.24) is 0 Å². The first kappa shape index (κ1) is 19.4. The van der Waals surface area contributed by atoms with Crippen LogP contribution in [0, 0.1) is 23.3 Å². The van der Waals surface area contributed by atoms with Crippen molar-refractivity contribution in [2.45, 2.75) is 19.8 Å². The first-order valence-corrected chi connectivity index (χ1v) is 8.02. The fraction of sp³-hybridized carbons (Fsp3) is 0.368. The number of methoxy groups -OCH3 is 1. The van der Waals surface area contributed by atoms with Crippen LogP contribution < -0.4 is 0 Å². The van der Waals surface area contributed by atoms with Gasteiger partial charge in [-0.3, -0.25) is 0 Å². The Morgan fingerprint density at radius 3 is 1.64 bits per heavy atom. The minimum Gasteiger partial charge on any atom is -0.384 e. The molecule has 0 spiro atoms. The van der Waals surface area contributed by atoms with Crippen LogP contribution in [-0.4, -0.2) is 26.9 Å². The lowest BCUT2D eigenvalue weighted by molar-refractivity contribution is 0.150. The summed E-state index contributed by atoms with van der Waals surface area (Å²) in [5.41, 5.74) is -0.372. The summed E-state index contributed by atoms with van der Waals surface area (Å²) in [5.74, 6) is -4.54. The summed E-state index contributed by atoms with van der Waals surface area (Å²) in [4.78, 5) is 0. The van der Waals surface area contributed by atoms with Crippen LogP contribution in [0.5, 0.6) is 0 Å². The predicted octanol–water partition coefficient (Wildman–Crippen LogP) is 4.68. The Bertz CT molecular complexity index is 732. The quantitative estimate of drug-likeness (QED) is 0.505. The van der Waals surface area contributed by atoms with Gasteiger partial charge in [0.05, 0.1) is 13.2 Å². The van der Waals surface area contributed by atoms with E-state index in [1.165, 1.54) is 31.4 Å². The van der Waals surface area contributed by atoms with Crippen LogP contribution in [0.2, 0.25) is 0 Å². The van der Waals surface area contributed by atoms with Gasteiger partial charge in [-0.2, -0.15) is 0 Å². The van der Waals surface area contributed by atoms with Crippen LogP contribution >= 0.6 is 0 Å². The van der Waals surface area contributed by atoms with Crippen LogP contribution in [0.1, 0.15) is 18.1 Å². The minimum absolute atomic E-state index is 0.123. The summed E-state index contributed by atoms with van der Waals surface area (Å²) < 4.78 is 66.9. The van der Waals surface area contributed by atoms with E-state index in [0.717, 1.165) is 0 Å². The van der Waals surface area contributed by atoms with Crippen molar-refractivity contribution < 1.29 is 27.0 Å². The Labute approximate surface area is 144 Å². The average Bonchev–Trinajstić information content (AvgIpc) is 2.61. The molecule has 2 aromatic carbocycles. The van der Waals surface area contributed by atoms with Gasteiger partial charge in [0.25, 0.3) is 0 Å². The van der Waals surface area contributed by atoms with Gasteiger partial charge in [0.15, 0.2) is 23.3 Å². The van der Waals surface area contributed by atoms with Crippen molar-refractivity contribution in [2.75, 3.05) is 26.9 Å². The van der Waals surface area contributed by atoms with Gasteiger partial charge in [0, 0.05) is 24.8 Å². The third-order valence-electron chi connectivity index (χ3n) is 3.91. The van der Waals surface area contributed by atoms with Gasteiger partial charge in [-0.25, -0.2) is 17.6 Å². The lowest BCUT2D eigenvalue weighted by Gasteiger charge is -2.12. The summed E-state index contributed by atoms with van der Waals surface area (Å²) in [6.07, 6.45) is 0.385. The second-order valence-corrected chi connectivity index (χ2v) is 5.49. The first-order valence-electron chi connectivity index (χ1n) is 8.02. The molecular weight excluding hydrogens is 336 g/mol. The molecule has 0 heterocycles. The molecule has 0 saturated heterocycles. The maximum Gasteiger partial charge on any atom is 0.167 e. The largest absolute Gasteiger partial charge is 0.384 e. The summed E-state index contributed by atoms with van der Waals surface area (Å²) >= 11 is 0. The van der Waals surface area contributed by atoms with Crippen molar-refractivity contribution in [3.05, 3.63) is 58.7 Å². The van der Waals surface area contributed by atoms with Crippen LogP contribution in [0.3, 0.4) is 0 Å². The van der Waals surface area contributed by atoms with Gasteiger partial charge < -0.3 is 9.47 Å². The second kappa shape index (κ2) is 8.97. The molecule has 0 unspecified atom stereocenters. The molecule has 6 heteroatoms. The number of hydrogen-bond donors (Lipinski definition) is 0. The summed E-state index contributed by atoms with van der Waals surface area (Å²) in [5, 5.41) is 0. The van der Waals surface area contributed by atoms with E-state index < -0.39 is 23.3 Å². The monoisotopic (exact) mass is 356 g/mol. The maximum absolute atomic E-state index is 14.3. The van der Waals surface area contributed by atoms with Crippen molar-refractivity contribution in [1.29, 1.82) is 0 Å². The van der Waals surface area contributed by atoms with Crippen LogP contribution in [-0.2, 0) is 22.3 Å². The summed E-state index contributed by atoms with van der Waals surface area (Å²) in [6.45, 7) is 2.76. The highest BCUT2D eigenvalue weighted by molar-refractivity contribution is 5.66. The molecule has 0 aromatic heterocycles. The van der Waals surface area contributed by atoms with Gasteiger partial charge >= 0.3 is 0 Å². The molecule has 0 N–H and O–H groups in total. The topological polar surface area (TPSA) is 18.5 Å². The first-order chi connectivity index (χ1) is 12.0. The lowest BCUT2D eigenvalue weighted by atomic mass is 9.98. The molecule has 2 aromatic rings. The van der Waals surface area contributed by atoms with Crippen molar-refractivity contribution in [2.24, 2.45) is 0 Å². The van der Waals surface area contributed by atoms with Gasteiger partial charge in [-0.15, -0.1) is 0 Å². The SMILES string of the molecule is CCOCCc1ccc(-c2ccc(CCOC)c(F)c2F)c(F)c1F. The number of halogens is 4. The number of hydrogen-bond acceptors (Lipinski definition) is 2. The number of rotatable bonds is 8. The van der Waals surface area contributed by atoms with Gasteiger partial charge in [-0.1, -0.05) is 24.3 Å². The summed E-state index contributed by atoms with van der Waals surface area (Å²) in [6, 6.07) is 5.23. The Kier molecular flexibility index (Phi) is 6.96. The van der Waals surface area contributed by atoms with E-state index in [-0.39, 0.29) is 48.3 Å². The molecule has 136 valence electrons. The zero-order valence-electron chi connectivity index (χ0n) is 14.2. The molecule has 0 atom stereocenters. The fourth-order valence-electron chi connectivity index (χ4n) is 2.52. The van der Waals surface area contributed by atoms with Gasteiger partial charge in [0.1, 0.15) is 0 Å². The molecule has 0 fully saturated rings. The standard InChI is InChI=1S/C19H20F4O2/c1-3-25-11-9-13-5-7-15(19(23)17(13)21)14-6-4-12(8-10-24-2)16(20)18(14)22/h4-7H,3,8-11H2,1-2H3. The molecule has 0 saturated carbocycles. The Morgan fingerprint density at radius 1 is 0.720 bits per heavy atom. The Balaban J connectivity index is 2.35. The molecule has 0 aliphatic heterocycles. The van der Waals surface area contributed by atoms with Gasteiger partial charge in [0.2, 0.25) is 0 Å². The van der Waals surface area contributed by atoms with Gasteiger partial charge in [-0.05, 0) is 30.9 Å². The van der Waals surface area contributed by atoms with Crippen molar-refractivity contribution >= 4 is 0 Å². The molecule has 25 heavy (non-hydrogen) atoms. The highest BCUT2D eigenvalue weighted by atomic mass is 19.2. The van der Waals surface area contributed by atoms with E-state index in [1.54, 1.807) is 6.92 Å². The van der Waals surface area contributed by atoms with E-state index >= 15 is 0 Å². The van der Waals surface area contributed by atoms with Crippen molar-refractivity contribution in [3.8, 4) is 11.1 Å². The number of benzene rings is 2. The normalized spacial score (nSPS) is 11.1. The van der Waals surface area contributed by atoms with Crippen LogP contribution in [0.15, 0.2) is 24.3 Å². The molecule has 0 aliphatic carbocycles. The molecular formula is C19H20F4O2. The van der Waals surface area contributed by atoms with E-state index in [1.807, 2.05) is 0 Å². The average molecular weight is 356 g/mol. The molecule has 0 bridgehead atoms. The molecule has 2 rings (SSSR count). The molecule has 0 aliphatic rings. The Morgan fingerprint density at radius 2 is 1.20 bits per heavy atom. The van der Waals surface area contributed by atoms with E-state index in [2.05, 4.69) is 0 Å². The van der Waals surface area contributed by atoms with Crippen LogP contribution in [0.25, 0.3) is 11.1 Å². The maximum atomic E-state index is 14.3. The van der Waals surface area contributed by atoms with Crippen molar-refractivity contribution in [3.63, 3.8) is 0 Å². The smallest absolute Gasteiger partial charge is 0.167 e. The lowest BCUT2D eigenvalue weighted by Crippen LogP contribution is -2.05. The van der Waals surface area contributed by atoms with E-state index in [9.17, 15) is 17.6 Å². The zero-order valence-corrected chi connectivity index (χ0v) is 14.2. The molecule has 0 amide bonds. The predicted molar refractivity (Wildman–Crippen MR) is 87.5 cm³/mol. The third-order valence-corrected chi connectivity index (χ3v) is 3.91. The van der Waals surface area contributed by atoms with E-state index in [4.69, 9.17) is 9.47 Å². The highest BCUT2D eigenvalue weighted by Crippen LogP contribution is 2.31. The second-order valence-electron chi connectivity index (χ2n) is 5.49. The number of ether oxygens (including phenoxy) is 2. The van der Waals surface area contributed by atoms with Crippen LogP contribution in [0.4, 0.5) is 17.6 Å². The third kappa shape index (κ3) is 4.38. The minimum atomic E-state index is -1.20. The molecule has 0 radical (unpaired) electrons. The highest BCUT2D eigenvalue weighted by Gasteiger charge is 2.20. The molecule has 2 nitrogen and oxygen atoms in total.